The summed E-state index contributed by atoms with van der Waals surface area (Å²) in [5.41, 5.74) is 0.0856. The number of para-hydroxylation sites is 1. The number of methoxy groups -OCH3 is 1. The first-order valence-corrected chi connectivity index (χ1v) is 8.67. The molecule has 136 valence electrons. The van der Waals surface area contributed by atoms with Crippen molar-refractivity contribution in [1.29, 1.82) is 0 Å². The first kappa shape index (κ1) is 18.5. The van der Waals surface area contributed by atoms with Gasteiger partial charge in [-0.1, -0.05) is 12.1 Å². The second-order valence-corrected chi connectivity index (χ2v) is 7.77. The number of alkyl halides is 2. The fourth-order valence-corrected chi connectivity index (χ4v) is 3.17. The Hall–Kier alpha value is -2.24. The molecule has 1 amide bonds. The van der Waals surface area contributed by atoms with Crippen molar-refractivity contribution in [3.63, 3.8) is 0 Å². The number of esters is 1. The van der Waals surface area contributed by atoms with E-state index in [4.69, 9.17) is 32.7 Å². The lowest BCUT2D eigenvalue weighted by Crippen LogP contribution is -2.23. The van der Waals surface area contributed by atoms with Gasteiger partial charge in [0.25, 0.3) is 5.91 Å². The lowest BCUT2D eigenvalue weighted by molar-refractivity contribution is -0.139. The smallest absolute Gasteiger partial charge is 0.320 e. The van der Waals surface area contributed by atoms with Crippen molar-refractivity contribution in [3.05, 3.63) is 54.1 Å². The van der Waals surface area contributed by atoms with E-state index in [9.17, 15) is 9.59 Å². The summed E-state index contributed by atoms with van der Waals surface area (Å²) in [5, 5.41) is 2.77. The number of ether oxygens (including phenoxy) is 2. The molecule has 1 fully saturated rings. The highest BCUT2D eigenvalue weighted by Gasteiger charge is 2.69. The van der Waals surface area contributed by atoms with Crippen LogP contribution in [0.5, 0.6) is 11.5 Å². The van der Waals surface area contributed by atoms with Gasteiger partial charge in [0.15, 0.2) is 0 Å². The fourth-order valence-electron chi connectivity index (χ4n) is 2.48. The van der Waals surface area contributed by atoms with Gasteiger partial charge in [-0.3, -0.25) is 9.59 Å². The molecular formula is C19H17Cl2NO4. The Balaban J connectivity index is 1.65. The Labute approximate surface area is 161 Å². The van der Waals surface area contributed by atoms with Crippen LogP contribution in [-0.4, -0.2) is 23.3 Å². The number of carbonyl (C=O) groups is 2. The van der Waals surface area contributed by atoms with Gasteiger partial charge in [0.05, 0.1) is 12.7 Å². The molecule has 1 aliphatic rings. The largest absolute Gasteiger partial charge is 0.496 e. The molecule has 0 aromatic heterocycles. The lowest BCUT2D eigenvalue weighted by Gasteiger charge is -2.12. The number of carbonyl (C=O) groups excluding carboxylic acids is 2. The molecule has 7 heteroatoms. The molecule has 2 aromatic carbocycles. The topological polar surface area (TPSA) is 64.6 Å². The van der Waals surface area contributed by atoms with Crippen molar-refractivity contribution in [1.82, 2.24) is 0 Å². The third-order valence-electron chi connectivity index (χ3n) is 4.38. The first-order valence-electron chi connectivity index (χ1n) is 7.91. The number of rotatable bonds is 5. The van der Waals surface area contributed by atoms with Crippen molar-refractivity contribution >= 4 is 40.8 Å². The molecule has 1 aliphatic carbocycles. The normalized spacial score (nSPS) is 20.2. The monoisotopic (exact) mass is 393 g/mol. The predicted octanol–water partition coefficient (Wildman–Crippen LogP) is 4.44. The van der Waals surface area contributed by atoms with Crippen LogP contribution in [0.25, 0.3) is 0 Å². The molecule has 1 saturated carbocycles. The molecule has 1 atom stereocenters. The Morgan fingerprint density at radius 2 is 1.69 bits per heavy atom. The zero-order valence-electron chi connectivity index (χ0n) is 14.2. The molecular weight excluding hydrogens is 377 g/mol. The molecule has 0 saturated heterocycles. The molecule has 5 nitrogen and oxygen atoms in total. The van der Waals surface area contributed by atoms with Gasteiger partial charge >= 0.3 is 5.97 Å². The maximum absolute atomic E-state index is 12.4. The van der Waals surface area contributed by atoms with Crippen LogP contribution in [0.1, 0.15) is 23.7 Å². The highest BCUT2D eigenvalue weighted by molar-refractivity contribution is 6.53. The number of anilines is 1. The van der Waals surface area contributed by atoms with E-state index >= 15 is 0 Å². The van der Waals surface area contributed by atoms with Crippen LogP contribution in [0, 0.1) is 5.41 Å². The number of nitrogens with one attached hydrogen (secondary N) is 1. The average Bonchev–Trinajstić information content (AvgIpc) is 3.15. The summed E-state index contributed by atoms with van der Waals surface area (Å²) in [5.74, 6) is 0.0569. The van der Waals surface area contributed by atoms with Crippen LogP contribution in [-0.2, 0) is 4.79 Å². The summed E-state index contributed by atoms with van der Waals surface area (Å²) in [4.78, 5) is 24.5. The number of benzene rings is 2. The number of amides is 1. The summed E-state index contributed by atoms with van der Waals surface area (Å²) in [6.45, 7) is 1.66. The predicted molar refractivity (Wildman–Crippen MR) is 100 cm³/mol. The summed E-state index contributed by atoms with van der Waals surface area (Å²) in [6.07, 6.45) is 0.356. The SMILES string of the molecule is COc1ccccc1C(=O)Nc1ccc(OC(=O)C2(C)CC2(Cl)Cl)cc1. The quantitative estimate of drug-likeness (QED) is 0.463. The molecule has 1 unspecified atom stereocenters. The van der Waals surface area contributed by atoms with E-state index in [1.807, 2.05) is 0 Å². The maximum Gasteiger partial charge on any atom is 0.320 e. The molecule has 3 rings (SSSR count). The molecule has 0 heterocycles. The van der Waals surface area contributed by atoms with Gasteiger partial charge in [0.2, 0.25) is 0 Å². The van der Waals surface area contributed by atoms with Crippen molar-refractivity contribution in [2.24, 2.45) is 5.41 Å². The number of halogens is 2. The summed E-state index contributed by atoms with van der Waals surface area (Å²) in [7, 11) is 1.51. The van der Waals surface area contributed by atoms with E-state index in [2.05, 4.69) is 5.32 Å². The molecule has 0 aliphatic heterocycles. The molecule has 0 spiro atoms. The van der Waals surface area contributed by atoms with E-state index in [0.29, 0.717) is 29.2 Å². The van der Waals surface area contributed by atoms with Crippen molar-refractivity contribution < 1.29 is 19.1 Å². The molecule has 2 aromatic rings. The van der Waals surface area contributed by atoms with Crippen molar-refractivity contribution in [2.75, 3.05) is 12.4 Å². The highest BCUT2D eigenvalue weighted by atomic mass is 35.5. The Kier molecular flexibility index (Phi) is 4.86. The maximum atomic E-state index is 12.4. The Morgan fingerprint density at radius 3 is 2.27 bits per heavy atom. The van der Waals surface area contributed by atoms with Gasteiger partial charge in [-0.05, 0) is 43.3 Å². The van der Waals surface area contributed by atoms with E-state index in [0.717, 1.165) is 0 Å². The van der Waals surface area contributed by atoms with Gasteiger partial charge in [-0.2, -0.15) is 0 Å². The van der Waals surface area contributed by atoms with E-state index in [-0.39, 0.29) is 5.91 Å². The minimum Gasteiger partial charge on any atom is -0.496 e. The van der Waals surface area contributed by atoms with E-state index in [1.54, 1.807) is 55.5 Å². The Morgan fingerprint density at radius 1 is 1.08 bits per heavy atom. The van der Waals surface area contributed by atoms with Crippen LogP contribution in [0.2, 0.25) is 0 Å². The van der Waals surface area contributed by atoms with Gasteiger partial charge < -0.3 is 14.8 Å². The molecule has 0 radical (unpaired) electrons. The van der Waals surface area contributed by atoms with E-state index in [1.165, 1.54) is 7.11 Å². The Bertz CT molecular complexity index is 851. The van der Waals surface area contributed by atoms with Crippen molar-refractivity contribution in [2.45, 2.75) is 17.7 Å². The van der Waals surface area contributed by atoms with Crippen molar-refractivity contribution in [3.8, 4) is 11.5 Å². The van der Waals surface area contributed by atoms with Crippen LogP contribution >= 0.6 is 23.2 Å². The molecule has 26 heavy (non-hydrogen) atoms. The third-order valence-corrected chi connectivity index (χ3v) is 5.48. The average molecular weight is 394 g/mol. The van der Waals surface area contributed by atoms with Gasteiger partial charge in [0.1, 0.15) is 21.2 Å². The minimum absolute atomic E-state index is 0.299. The zero-order valence-corrected chi connectivity index (χ0v) is 15.7. The molecule has 0 bridgehead atoms. The zero-order chi connectivity index (χ0) is 18.9. The van der Waals surface area contributed by atoms with Crippen LogP contribution in [0.15, 0.2) is 48.5 Å². The second-order valence-electron chi connectivity index (χ2n) is 6.28. The third kappa shape index (κ3) is 3.50. The van der Waals surface area contributed by atoms with Gasteiger partial charge in [-0.15, -0.1) is 23.2 Å². The fraction of sp³-hybridized carbons (Fsp3) is 0.263. The van der Waals surface area contributed by atoms with Crippen LogP contribution in [0.4, 0.5) is 5.69 Å². The van der Waals surface area contributed by atoms with Gasteiger partial charge in [-0.25, -0.2) is 0 Å². The lowest BCUT2D eigenvalue weighted by atomic mass is 10.1. The standard InChI is InChI=1S/C19H17Cl2NO4/c1-18(11-19(18,20)21)17(24)26-13-9-7-12(8-10-13)22-16(23)14-5-3-4-6-15(14)25-2/h3-10H,11H2,1-2H3,(H,22,23). The highest BCUT2D eigenvalue weighted by Crippen LogP contribution is 2.64. The number of hydrogen-bond acceptors (Lipinski definition) is 4. The van der Waals surface area contributed by atoms with Gasteiger partial charge in [0, 0.05) is 12.1 Å². The second kappa shape index (κ2) is 6.82. The summed E-state index contributed by atoms with van der Waals surface area (Å²) < 4.78 is 9.42. The first-order chi connectivity index (χ1) is 12.3. The van der Waals surface area contributed by atoms with Crippen LogP contribution < -0.4 is 14.8 Å². The minimum atomic E-state index is -1.08. The summed E-state index contributed by atoms with van der Waals surface area (Å²) >= 11 is 12.0. The molecule has 1 N–H and O–H groups in total. The van der Waals surface area contributed by atoms with Crippen LogP contribution in [0.3, 0.4) is 0 Å². The number of hydrogen-bond donors (Lipinski definition) is 1. The summed E-state index contributed by atoms with van der Waals surface area (Å²) in [6, 6.07) is 13.4. The van der Waals surface area contributed by atoms with E-state index < -0.39 is 15.7 Å².